The second kappa shape index (κ2) is 6.60. The van der Waals surface area contributed by atoms with Crippen LogP contribution in [0.4, 0.5) is 0 Å². The first kappa shape index (κ1) is 15.8. The summed E-state index contributed by atoms with van der Waals surface area (Å²) in [5.74, 6) is -0.176. The molecular weight excluding hydrogens is 296 g/mol. The predicted octanol–water partition coefficient (Wildman–Crippen LogP) is 0.476. The van der Waals surface area contributed by atoms with Crippen LogP contribution in [0.15, 0.2) is 18.2 Å². The summed E-state index contributed by atoms with van der Waals surface area (Å²) in [4.78, 5) is 13.9. The standard InChI is InChI=1S/C17H22N2O4/c1-3-23-17(21)16-13-10-12(20)4-5-14(13)18(2)15(16)11-19-6-8-22-9-7-19/h4-5,10,20H,3,6-9,11H2,1-2H3/p+1. The van der Waals surface area contributed by atoms with Gasteiger partial charge in [0.05, 0.1) is 31.1 Å². The summed E-state index contributed by atoms with van der Waals surface area (Å²) in [6.45, 7) is 6.21. The Morgan fingerprint density at radius 1 is 1.39 bits per heavy atom. The quantitative estimate of drug-likeness (QED) is 0.805. The molecule has 1 aliphatic heterocycles. The lowest BCUT2D eigenvalue weighted by Crippen LogP contribution is -3.12. The molecule has 0 unspecified atom stereocenters. The first-order valence-corrected chi connectivity index (χ1v) is 8.00. The Morgan fingerprint density at radius 3 is 2.83 bits per heavy atom. The van der Waals surface area contributed by atoms with Crippen LogP contribution < -0.4 is 4.90 Å². The fourth-order valence-corrected chi connectivity index (χ4v) is 3.20. The van der Waals surface area contributed by atoms with Gasteiger partial charge in [0.25, 0.3) is 0 Å². The van der Waals surface area contributed by atoms with Crippen LogP contribution in [0, 0.1) is 0 Å². The lowest BCUT2D eigenvalue weighted by atomic mass is 10.1. The molecule has 3 rings (SSSR count). The number of carbonyl (C=O) groups is 1. The van der Waals surface area contributed by atoms with Crippen molar-refractivity contribution in [2.45, 2.75) is 13.5 Å². The van der Waals surface area contributed by atoms with Gasteiger partial charge in [-0.15, -0.1) is 0 Å². The van der Waals surface area contributed by atoms with E-state index >= 15 is 0 Å². The molecule has 0 aliphatic carbocycles. The normalized spacial score (nSPS) is 15.9. The summed E-state index contributed by atoms with van der Waals surface area (Å²) < 4.78 is 12.7. The minimum Gasteiger partial charge on any atom is -0.508 e. The van der Waals surface area contributed by atoms with Crippen LogP contribution in [-0.2, 0) is 23.1 Å². The van der Waals surface area contributed by atoms with E-state index in [2.05, 4.69) is 0 Å². The molecule has 2 aromatic rings. The minimum atomic E-state index is -0.327. The van der Waals surface area contributed by atoms with Crippen molar-refractivity contribution in [1.29, 1.82) is 0 Å². The number of nitrogens with zero attached hydrogens (tertiary/aromatic N) is 1. The van der Waals surface area contributed by atoms with Crippen molar-refractivity contribution < 1.29 is 24.3 Å². The van der Waals surface area contributed by atoms with E-state index in [0.29, 0.717) is 12.2 Å². The van der Waals surface area contributed by atoms with Crippen molar-refractivity contribution >= 4 is 16.9 Å². The molecule has 6 heteroatoms. The Kier molecular flexibility index (Phi) is 4.54. The summed E-state index contributed by atoms with van der Waals surface area (Å²) >= 11 is 0. The fraction of sp³-hybridized carbons (Fsp3) is 0.471. The number of benzene rings is 1. The van der Waals surface area contributed by atoms with Crippen LogP contribution in [0.25, 0.3) is 10.9 Å². The van der Waals surface area contributed by atoms with Gasteiger partial charge in [0.1, 0.15) is 25.4 Å². The predicted molar refractivity (Wildman–Crippen MR) is 85.8 cm³/mol. The van der Waals surface area contributed by atoms with Gasteiger partial charge < -0.3 is 24.0 Å². The highest BCUT2D eigenvalue weighted by atomic mass is 16.5. The molecule has 0 amide bonds. The van der Waals surface area contributed by atoms with Crippen LogP contribution >= 0.6 is 0 Å². The van der Waals surface area contributed by atoms with E-state index in [1.54, 1.807) is 19.1 Å². The van der Waals surface area contributed by atoms with Crippen LogP contribution in [0.5, 0.6) is 5.75 Å². The number of aromatic nitrogens is 1. The van der Waals surface area contributed by atoms with Gasteiger partial charge >= 0.3 is 5.97 Å². The second-order valence-electron chi connectivity index (χ2n) is 5.84. The number of hydrogen-bond donors (Lipinski definition) is 2. The highest BCUT2D eigenvalue weighted by Gasteiger charge is 2.26. The van der Waals surface area contributed by atoms with E-state index in [9.17, 15) is 9.90 Å². The Hall–Kier alpha value is -2.05. The largest absolute Gasteiger partial charge is 0.508 e. The number of rotatable bonds is 4. The minimum absolute atomic E-state index is 0.152. The van der Waals surface area contributed by atoms with E-state index in [-0.39, 0.29) is 11.7 Å². The smallest absolute Gasteiger partial charge is 0.340 e. The molecule has 124 valence electrons. The molecular formula is C17H23N2O4+. The van der Waals surface area contributed by atoms with Gasteiger partial charge in [0, 0.05) is 18.0 Å². The van der Waals surface area contributed by atoms with Gasteiger partial charge in [-0.25, -0.2) is 4.79 Å². The molecule has 23 heavy (non-hydrogen) atoms. The number of quaternary nitrogens is 1. The van der Waals surface area contributed by atoms with E-state index in [1.165, 1.54) is 4.90 Å². The first-order chi connectivity index (χ1) is 11.1. The number of phenolic OH excluding ortho intramolecular Hbond substituents is 1. The highest BCUT2D eigenvalue weighted by molar-refractivity contribution is 6.06. The van der Waals surface area contributed by atoms with Crippen molar-refractivity contribution in [3.63, 3.8) is 0 Å². The number of ether oxygens (including phenoxy) is 2. The number of phenols is 1. The van der Waals surface area contributed by atoms with Crippen LogP contribution in [0.1, 0.15) is 23.0 Å². The van der Waals surface area contributed by atoms with Crippen molar-refractivity contribution in [1.82, 2.24) is 4.57 Å². The summed E-state index contributed by atoms with van der Waals surface area (Å²) in [5.41, 5.74) is 2.44. The Balaban J connectivity index is 2.08. The Bertz CT molecular complexity index is 717. The zero-order valence-electron chi connectivity index (χ0n) is 13.6. The summed E-state index contributed by atoms with van der Waals surface area (Å²) in [6, 6.07) is 5.12. The van der Waals surface area contributed by atoms with E-state index in [0.717, 1.165) is 49.4 Å². The zero-order chi connectivity index (χ0) is 16.4. The number of hydrogen-bond acceptors (Lipinski definition) is 4. The molecule has 1 fully saturated rings. The van der Waals surface area contributed by atoms with Gasteiger partial charge in [-0.05, 0) is 25.1 Å². The molecule has 1 aliphatic rings. The number of morpholine rings is 1. The van der Waals surface area contributed by atoms with Crippen molar-refractivity contribution in [2.75, 3.05) is 32.9 Å². The summed E-state index contributed by atoms with van der Waals surface area (Å²) in [7, 11) is 1.96. The van der Waals surface area contributed by atoms with Crippen LogP contribution in [0.2, 0.25) is 0 Å². The topological polar surface area (TPSA) is 65.1 Å². The van der Waals surface area contributed by atoms with E-state index in [1.807, 2.05) is 17.7 Å². The van der Waals surface area contributed by atoms with E-state index in [4.69, 9.17) is 9.47 Å². The third kappa shape index (κ3) is 3.04. The molecule has 1 aromatic carbocycles. The van der Waals surface area contributed by atoms with Crippen molar-refractivity contribution in [3.05, 3.63) is 29.5 Å². The Morgan fingerprint density at radius 2 is 2.13 bits per heavy atom. The highest BCUT2D eigenvalue weighted by Crippen LogP contribution is 2.29. The number of fused-ring (bicyclic) bond motifs is 1. The number of carbonyl (C=O) groups excluding carboxylic acids is 1. The monoisotopic (exact) mass is 319 g/mol. The van der Waals surface area contributed by atoms with Crippen molar-refractivity contribution in [3.8, 4) is 5.75 Å². The zero-order valence-corrected chi connectivity index (χ0v) is 13.6. The van der Waals surface area contributed by atoms with Gasteiger partial charge in [0.2, 0.25) is 0 Å². The first-order valence-electron chi connectivity index (χ1n) is 8.00. The van der Waals surface area contributed by atoms with Gasteiger partial charge in [-0.2, -0.15) is 0 Å². The van der Waals surface area contributed by atoms with Gasteiger partial charge in [0.15, 0.2) is 0 Å². The molecule has 2 heterocycles. The SMILES string of the molecule is CCOC(=O)c1c(C[NH+]2CCOCC2)n(C)c2ccc(O)cc12. The Labute approximate surface area is 135 Å². The lowest BCUT2D eigenvalue weighted by Gasteiger charge is -2.24. The third-order valence-corrected chi connectivity index (χ3v) is 4.40. The molecule has 0 bridgehead atoms. The maximum atomic E-state index is 12.5. The average Bonchev–Trinajstić information content (AvgIpc) is 2.80. The average molecular weight is 319 g/mol. The van der Waals surface area contributed by atoms with E-state index < -0.39 is 0 Å². The summed E-state index contributed by atoms with van der Waals surface area (Å²) in [6.07, 6.45) is 0. The maximum Gasteiger partial charge on any atom is 0.340 e. The van der Waals surface area contributed by atoms with Crippen LogP contribution in [-0.4, -0.2) is 48.6 Å². The number of aromatic hydroxyl groups is 1. The maximum absolute atomic E-state index is 12.5. The van der Waals surface area contributed by atoms with Crippen LogP contribution in [0.3, 0.4) is 0 Å². The molecule has 0 spiro atoms. The van der Waals surface area contributed by atoms with Gasteiger partial charge in [-0.1, -0.05) is 0 Å². The fourth-order valence-electron chi connectivity index (χ4n) is 3.20. The number of nitrogens with one attached hydrogen (secondary N) is 1. The molecule has 2 N–H and O–H groups in total. The molecule has 1 aromatic heterocycles. The molecule has 6 nitrogen and oxygen atoms in total. The second-order valence-corrected chi connectivity index (χ2v) is 5.84. The van der Waals surface area contributed by atoms with Gasteiger partial charge in [-0.3, -0.25) is 0 Å². The summed E-state index contributed by atoms with van der Waals surface area (Å²) in [5, 5.41) is 10.5. The number of aryl methyl sites for hydroxylation is 1. The molecule has 0 saturated carbocycles. The van der Waals surface area contributed by atoms with Crippen molar-refractivity contribution in [2.24, 2.45) is 7.05 Å². The lowest BCUT2D eigenvalue weighted by molar-refractivity contribution is -0.921. The molecule has 0 radical (unpaired) electrons. The molecule has 0 atom stereocenters. The number of esters is 1. The third-order valence-electron chi connectivity index (χ3n) is 4.40. The molecule has 1 saturated heterocycles.